The second-order valence-electron chi connectivity index (χ2n) is 3.20. The van der Waals surface area contributed by atoms with Crippen molar-refractivity contribution < 1.29 is 14.3 Å². The highest BCUT2D eigenvalue weighted by atomic mass is 35.5. The lowest BCUT2D eigenvalue weighted by atomic mass is 10.1. The molecule has 1 aromatic carbocycles. The summed E-state index contributed by atoms with van der Waals surface area (Å²) in [5.41, 5.74) is 0.398. The topological polar surface area (TPSA) is 35.5 Å². The Morgan fingerprint density at radius 2 is 1.76 bits per heavy atom. The van der Waals surface area contributed by atoms with E-state index in [1.807, 2.05) is 13.8 Å². The van der Waals surface area contributed by atoms with Gasteiger partial charge in [-0.3, -0.25) is 4.79 Å². The zero-order valence-corrected chi connectivity index (χ0v) is 11.3. The summed E-state index contributed by atoms with van der Waals surface area (Å²) in [5.74, 6) is 0.582. The number of ketones is 1. The molecule has 0 aliphatic rings. The number of halogens is 2. The number of carbonyl (C=O) groups is 1. The van der Waals surface area contributed by atoms with E-state index in [0.717, 1.165) is 0 Å². The van der Waals surface area contributed by atoms with Crippen LogP contribution in [-0.4, -0.2) is 24.9 Å². The van der Waals surface area contributed by atoms with Gasteiger partial charge in [0.2, 0.25) is 0 Å². The molecule has 0 fully saturated rings. The van der Waals surface area contributed by atoms with Gasteiger partial charge in [-0.15, -0.1) is 11.6 Å². The minimum absolute atomic E-state index is 0.104. The van der Waals surface area contributed by atoms with Crippen molar-refractivity contribution in [3.05, 3.63) is 22.7 Å². The van der Waals surface area contributed by atoms with Gasteiger partial charge in [0.1, 0.15) is 11.5 Å². The summed E-state index contributed by atoms with van der Waals surface area (Å²) in [4.78, 5) is 11.7. The van der Waals surface area contributed by atoms with Crippen LogP contribution in [0, 0.1) is 0 Å². The maximum atomic E-state index is 11.7. The molecule has 3 nitrogen and oxygen atoms in total. The highest BCUT2D eigenvalue weighted by Crippen LogP contribution is 2.33. The van der Waals surface area contributed by atoms with Gasteiger partial charge in [-0.2, -0.15) is 0 Å². The molecule has 1 aromatic rings. The van der Waals surface area contributed by atoms with Crippen molar-refractivity contribution in [2.24, 2.45) is 0 Å². The van der Waals surface area contributed by atoms with Crippen LogP contribution in [0.4, 0.5) is 0 Å². The lowest BCUT2D eigenvalue weighted by Crippen LogP contribution is -2.06. The molecule has 94 valence electrons. The third kappa shape index (κ3) is 3.51. The highest BCUT2D eigenvalue weighted by Gasteiger charge is 2.16. The quantitative estimate of drug-likeness (QED) is 0.589. The number of hydrogen-bond acceptors (Lipinski definition) is 3. The molecule has 0 aromatic heterocycles. The molecular formula is C12H14Cl2O3. The predicted molar refractivity (Wildman–Crippen MR) is 68.8 cm³/mol. The van der Waals surface area contributed by atoms with Crippen LogP contribution in [-0.2, 0) is 0 Å². The van der Waals surface area contributed by atoms with Crippen LogP contribution < -0.4 is 9.47 Å². The molecule has 1 rings (SSSR count). The van der Waals surface area contributed by atoms with Crippen molar-refractivity contribution in [2.45, 2.75) is 13.8 Å². The van der Waals surface area contributed by atoms with Gasteiger partial charge >= 0.3 is 0 Å². The molecule has 0 spiro atoms. The van der Waals surface area contributed by atoms with Gasteiger partial charge in [0.05, 0.1) is 29.7 Å². The molecule has 0 N–H and O–H groups in total. The maximum absolute atomic E-state index is 11.7. The second kappa shape index (κ2) is 6.72. The first-order valence-electron chi connectivity index (χ1n) is 5.32. The molecule has 0 saturated carbocycles. The van der Waals surface area contributed by atoms with E-state index >= 15 is 0 Å². The Kier molecular flexibility index (Phi) is 5.59. The average molecular weight is 277 g/mol. The fraction of sp³-hybridized carbons (Fsp3) is 0.417. The van der Waals surface area contributed by atoms with Gasteiger partial charge in [-0.25, -0.2) is 0 Å². The third-order valence-corrected chi connectivity index (χ3v) is 2.59. The predicted octanol–water partition coefficient (Wildman–Crippen LogP) is 3.56. The van der Waals surface area contributed by atoms with Crippen LogP contribution in [0.2, 0.25) is 5.02 Å². The molecule has 17 heavy (non-hydrogen) atoms. The van der Waals surface area contributed by atoms with E-state index in [2.05, 4.69) is 0 Å². The van der Waals surface area contributed by atoms with E-state index in [1.54, 1.807) is 12.1 Å². The third-order valence-electron chi connectivity index (χ3n) is 2.06. The zero-order chi connectivity index (χ0) is 12.8. The standard InChI is InChI=1S/C12H14Cl2O3/c1-3-16-11-6-9(14)12(17-4-2)5-8(11)10(15)7-13/h5-6H,3-4,7H2,1-2H3. The molecule has 0 bridgehead atoms. The van der Waals surface area contributed by atoms with Crippen molar-refractivity contribution in [3.63, 3.8) is 0 Å². The first-order valence-corrected chi connectivity index (χ1v) is 6.23. The summed E-state index contributed by atoms with van der Waals surface area (Å²) in [5, 5.41) is 0.418. The molecule has 0 aliphatic carbocycles. The van der Waals surface area contributed by atoms with Crippen LogP contribution in [0.3, 0.4) is 0 Å². The van der Waals surface area contributed by atoms with E-state index in [1.165, 1.54) is 0 Å². The molecule has 0 amide bonds. The van der Waals surface area contributed by atoms with E-state index < -0.39 is 0 Å². The number of benzene rings is 1. The first-order chi connectivity index (χ1) is 8.13. The first kappa shape index (κ1) is 14.1. The minimum Gasteiger partial charge on any atom is -0.493 e. The summed E-state index contributed by atoms with van der Waals surface area (Å²) < 4.78 is 10.7. The number of alkyl halides is 1. The van der Waals surface area contributed by atoms with Crippen molar-refractivity contribution in [2.75, 3.05) is 19.1 Å². The molecule has 0 heterocycles. The summed E-state index contributed by atoms with van der Waals surface area (Å²) in [6.07, 6.45) is 0. The molecule has 0 radical (unpaired) electrons. The van der Waals surface area contributed by atoms with E-state index in [-0.39, 0.29) is 11.7 Å². The van der Waals surface area contributed by atoms with Crippen LogP contribution in [0.25, 0.3) is 0 Å². The van der Waals surface area contributed by atoms with Crippen LogP contribution in [0.1, 0.15) is 24.2 Å². The Morgan fingerprint density at radius 1 is 1.18 bits per heavy atom. The van der Waals surface area contributed by atoms with Crippen molar-refractivity contribution in [1.29, 1.82) is 0 Å². The Morgan fingerprint density at radius 3 is 2.29 bits per heavy atom. The molecule has 0 saturated heterocycles. The number of ether oxygens (including phenoxy) is 2. The molecule has 5 heteroatoms. The average Bonchev–Trinajstić information content (AvgIpc) is 2.32. The lowest BCUT2D eigenvalue weighted by molar-refractivity contribution is 0.101. The fourth-order valence-electron chi connectivity index (χ4n) is 1.37. The van der Waals surface area contributed by atoms with Crippen molar-refractivity contribution in [3.8, 4) is 11.5 Å². The van der Waals surface area contributed by atoms with Gasteiger partial charge < -0.3 is 9.47 Å². The Balaban J connectivity index is 3.21. The van der Waals surface area contributed by atoms with Crippen LogP contribution >= 0.6 is 23.2 Å². The Bertz CT molecular complexity index is 405. The number of hydrogen-bond donors (Lipinski definition) is 0. The normalized spacial score (nSPS) is 10.1. The van der Waals surface area contributed by atoms with Gasteiger partial charge in [-0.1, -0.05) is 11.6 Å². The number of carbonyl (C=O) groups excluding carboxylic acids is 1. The Hall–Kier alpha value is -0.930. The van der Waals surface area contributed by atoms with E-state index in [4.69, 9.17) is 32.7 Å². The number of rotatable bonds is 6. The SMILES string of the molecule is CCOc1cc(C(=O)CCl)c(OCC)cc1Cl. The van der Waals surface area contributed by atoms with E-state index in [9.17, 15) is 4.79 Å². The monoisotopic (exact) mass is 276 g/mol. The van der Waals surface area contributed by atoms with Crippen molar-refractivity contribution in [1.82, 2.24) is 0 Å². The largest absolute Gasteiger partial charge is 0.493 e. The van der Waals surface area contributed by atoms with E-state index in [0.29, 0.717) is 35.3 Å². The fourth-order valence-corrected chi connectivity index (χ4v) is 1.72. The van der Waals surface area contributed by atoms with Crippen molar-refractivity contribution >= 4 is 29.0 Å². The van der Waals surface area contributed by atoms with Gasteiger partial charge in [0.25, 0.3) is 0 Å². The summed E-state index contributed by atoms with van der Waals surface area (Å²) in [6, 6.07) is 3.15. The molecular weight excluding hydrogens is 263 g/mol. The highest BCUT2D eigenvalue weighted by molar-refractivity contribution is 6.33. The lowest BCUT2D eigenvalue weighted by Gasteiger charge is -2.12. The minimum atomic E-state index is -0.215. The molecule has 0 unspecified atom stereocenters. The van der Waals surface area contributed by atoms with Crippen LogP contribution in [0.5, 0.6) is 11.5 Å². The zero-order valence-electron chi connectivity index (χ0n) is 9.76. The maximum Gasteiger partial charge on any atom is 0.181 e. The van der Waals surface area contributed by atoms with Crippen LogP contribution in [0.15, 0.2) is 12.1 Å². The van der Waals surface area contributed by atoms with Gasteiger partial charge in [0, 0.05) is 6.07 Å². The summed E-state index contributed by atoms with van der Waals surface area (Å²) in [7, 11) is 0. The molecule has 0 aliphatic heterocycles. The smallest absolute Gasteiger partial charge is 0.181 e. The second-order valence-corrected chi connectivity index (χ2v) is 3.88. The van der Waals surface area contributed by atoms with Gasteiger partial charge in [0.15, 0.2) is 5.78 Å². The van der Waals surface area contributed by atoms with Gasteiger partial charge in [-0.05, 0) is 19.9 Å². The summed E-state index contributed by atoms with van der Waals surface area (Å²) in [6.45, 7) is 4.60. The molecule has 0 atom stereocenters. The summed E-state index contributed by atoms with van der Waals surface area (Å²) >= 11 is 11.6. The number of Topliss-reactive ketones (excluding diaryl/α,β-unsaturated/α-hetero) is 1. The Labute approximate surface area is 111 Å².